The van der Waals surface area contributed by atoms with Crippen molar-refractivity contribution in [2.45, 2.75) is 18.8 Å². The molecule has 0 spiro atoms. The van der Waals surface area contributed by atoms with E-state index in [4.69, 9.17) is 4.52 Å². The van der Waals surface area contributed by atoms with Gasteiger partial charge in [-0.2, -0.15) is 4.98 Å². The number of hydrogen-bond acceptors (Lipinski definition) is 4. The van der Waals surface area contributed by atoms with E-state index >= 15 is 0 Å². The van der Waals surface area contributed by atoms with Crippen LogP contribution in [0, 0.1) is 0 Å². The molecule has 0 atom stereocenters. The summed E-state index contributed by atoms with van der Waals surface area (Å²) < 4.78 is 5.52. The van der Waals surface area contributed by atoms with Crippen molar-refractivity contribution in [2.75, 3.05) is 18.4 Å². The third-order valence-corrected chi connectivity index (χ3v) is 5.64. The van der Waals surface area contributed by atoms with E-state index in [2.05, 4.69) is 15.5 Å². The second-order valence-electron chi connectivity index (χ2n) is 7.54. The van der Waals surface area contributed by atoms with Crippen LogP contribution >= 0.6 is 0 Å². The number of amides is 2. The van der Waals surface area contributed by atoms with E-state index in [1.807, 2.05) is 77.7 Å². The van der Waals surface area contributed by atoms with Crippen molar-refractivity contribution in [1.82, 2.24) is 15.0 Å². The summed E-state index contributed by atoms with van der Waals surface area (Å²) in [5.41, 5.74) is 1.78. The van der Waals surface area contributed by atoms with Crippen molar-refractivity contribution in [1.29, 1.82) is 0 Å². The SMILES string of the molecule is O=C(Nc1cccc2ccccc12)N1CCC(c2nc(-c3ccccc3)no2)CC1. The Labute approximate surface area is 174 Å². The lowest BCUT2D eigenvalue weighted by atomic mass is 9.97. The molecule has 2 amide bonds. The number of aromatic nitrogens is 2. The molecule has 0 bridgehead atoms. The Bertz CT molecular complexity index is 1160. The molecular weight excluding hydrogens is 376 g/mol. The van der Waals surface area contributed by atoms with Crippen LogP contribution in [0.25, 0.3) is 22.2 Å². The number of carbonyl (C=O) groups excluding carboxylic acids is 1. The predicted octanol–water partition coefficient (Wildman–Crippen LogP) is 5.30. The van der Waals surface area contributed by atoms with Gasteiger partial charge in [-0.15, -0.1) is 0 Å². The van der Waals surface area contributed by atoms with Crippen LogP contribution in [0.4, 0.5) is 10.5 Å². The van der Waals surface area contributed by atoms with Crippen LogP contribution in [0.15, 0.2) is 77.3 Å². The van der Waals surface area contributed by atoms with Crippen molar-refractivity contribution >= 4 is 22.5 Å². The molecule has 4 aromatic rings. The summed E-state index contributed by atoms with van der Waals surface area (Å²) in [4.78, 5) is 19.2. The molecule has 1 aliphatic rings. The zero-order valence-corrected chi connectivity index (χ0v) is 16.5. The van der Waals surface area contributed by atoms with Gasteiger partial charge in [0.15, 0.2) is 0 Å². The molecule has 1 aliphatic heterocycles. The average Bonchev–Trinajstić information content (AvgIpc) is 3.30. The van der Waals surface area contributed by atoms with Crippen molar-refractivity contribution in [3.63, 3.8) is 0 Å². The minimum Gasteiger partial charge on any atom is -0.339 e. The number of piperidine rings is 1. The standard InChI is InChI=1S/C24H22N4O2/c29-24(25-21-12-6-10-17-7-4-5-11-20(17)21)28-15-13-19(14-16-28)23-26-22(27-30-23)18-8-2-1-3-9-18/h1-12,19H,13-16H2,(H,25,29). The van der Waals surface area contributed by atoms with Gasteiger partial charge in [-0.05, 0) is 24.3 Å². The van der Waals surface area contributed by atoms with Crippen LogP contribution in [0.2, 0.25) is 0 Å². The van der Waals surface area contributed by atoms with E-state index in [1.165, 1.54) is 0 Å². The maximum absolute atomic E-state index is 12.8. The molecule has 1 N–H and O–H groups in total. The zero-order valence-electron chi connectivity index (χ0n) is 16.5. The molecule has 6 nitrogen and oxygen atoms in total. The fraction of sp³-hybridized carbons (Fsp3) is 0.208. The van der Waals surface area contributed by atoms with Gasteiger partial charge in [-0.3, -0.25) is 0 Å². The van der Waals surface area contributed by atoms with E-state index in [0.29, 0.717) is 24.8 Å². The van der Waals surface area contributed by atoms with Gasteiger partial charge in [0, 0.05) is 30.0 Å². The highest BCUT2D eigenvalue weighted by Gasteiger charge is 2.28. The third-order valence-electron chi connectivity index (χ3n) is 5.64. The lowest BCUT2D eigenvalue weighted by molar-refractivity contribution is 0.187. The summed E-state index contributed by atoms with van der Waals surface area (Å²) in [6.07, 6.45) is 1.61. The minimum atomic E-state index is -0.0692. The van der Waals surface area contributed by atoms with Gasteiger partial charge >= 0.3 is 6.03 Å². The van der Waals surface area contributed by atoms with Crippen LogP contribution in [0.1, 0.15) is 24.7 Å². The molecule has 0 unspecified atom stereocenters. The first kappa shape index (κ1) is 18.4. The normalized spacial score (nSPS) is 14.7. The van der Waals surface area contributed by atoms with E-state index < -0.39 is 0 Å². The third kappa shape index (κ3) is 3.64. The molecule has 150 valence electrons. The highest BCUT2D eigenvalue weighted by atomic mass is 16.5. The lowest BCUT2D eigenvalue weighted by Gasteiger charge is -2.30. The Balaban J connectivity index is 1.23. The fourth-order valence-corrected chi connectivity index (χ4v) is 3.96. The number of rotatable bonds is 3. The first-order valence-corrected chi connectivity index (χ1v) is 10.2. The van der Waals surface area contributed by atoms with Gasteiger partial charge in [0.2, 0.25) is 11.7 Å². The molecule has 1 aromatic heterocycles. The molecular formula is C24H22N4O2. The molecule has 0 radical (unpaired) electrons. The highest BCUT2D eigenvalue weighted by molar-refractivity contribution is 6.01. The molecule has 0 aliphatic carbocycles. The summed E-state index contributed by atoms with van der Waals surface area (Å²) in [5.74, 6) is 1.45. The van der Waals surface area contributed by atoms with E-state index in [-0.39, 0.29) is 11.9 Å². The van der Waals surface area contributed by atoms with Gasteiger partial charge in [0.1, 0.15) is 0 Å². The lowest BCUT2D eigenvalue weighted by Crippen LogP contribution is -2.40. The summed E-state index contributed by atoms with van der Waals surface area (Å²) in [6, 6.07) is 23.7. The number of benzene rings is 3. The number of likely N-dealkylation sites (tertiary alicyclic amines) is 1. The summed E-state index contributed by atoms with van der Waals surface area (Å²) in [5, 5.41) is 9.35. The summed E-state index contributed by atoms with van der Waals surface area (Å²) in [7, 11) is 0. The van der Waals surface area contributed by atoms with Crippen LogP contribution in [0.5, 0.6) is 0 Å². The smallest absolute Gasteiger partial charge is 0.321 e. The number of nitrogens with one attached hydrogen (secondary N) is 1. The second-order valence-corrected chi connectivity index (χ2v) is 7.54. The number of carbonyl (C=O) groups is 1. The molecule has 1 fully saturated rings. The number of urea groups is 1. The molecule has 1 saturated heterocycles. The van der Waals surface area contributed by atoms with E-state index in [9.17, 15) is 4.79 Å². The topological polar surface area (TPSA) is 71.3 Å². The predicted molar refractivity (Wildman–Crippen MR) is 116 cm³/mol. The Morgan fingerprint density at radius 2 is 1.67 bits per heavy atom. The van der Waals surface area contributed by atoms with Gasteiger partial charge < -0.3 is 14.7 Å². The Hall–Kier alpha value is -3.67. The quantitative estimate of drug-likeness (QED) is 0.508. The number of nitrogens with zero attached hydrogens (tertiary/aromatic N) is 3. The van der Waals surface area contributed by atoms with Crippen LogP contribution in [-0.2, 0) is 0 Å². The minimum absolute atomic E-state index is 0.0692. The molecule has 2 heterocycles. The average molecular weight is 398 g/mol. The monoisotopic (exact) mass is 398 g/mol. The van der Waals surface area contributed by atoms with Gasteiger partial charge in [-0.1, -0.05) is 71.9 Å². The molecule has 6 heteroatoms. The van der Waals surface area contributed by atoms with Crippen LogP contribution in [-0.4, -0.2) is 34.2 Å². The summed E-state index contributed by atoms with van der Waals surface area (Å²) >= 11 is 0. The Kier molecular flexibility index (Phi) is 4.89. The zero-order chi connectivity index (χ0) is 20.3. The maximum atomic E-state index is 12.8. The molecule has 0 saturated carbocycles. The maximum Gasteiger partial charge on any atom is 0.321 e. The first-order chi connectivity index (χ1) is 14.8. The van der Waals surface area contributed by atoms with Gasteiger partial charge in [-0.25, -0.2) is 4.79 Å². The largest absolute Gasteiger partial charge is 0.339 e. The van der Waals surface area contributed by atoms with Crippen molar-refractivity contribution in [3.05, 3.63) is 78.7 Å². The molecule has 30 heavy (non-hydrogen) atoms. The number of anilines is 1. The highest BCUT2D eigenvalue weighted by Crippen LogP contribution is 2.29. The Morgan fingerprint density at radius 3 is 2.50 bits per heavy atom. The van der Waals surface area contributed by atoms with Gasteiger partial charge in [0.25, 0.3) is 0 Å². The fourth-order valence-electron chi connectivity index (χ4n) is 3.96. The second kappa shape index (κ2) is 7.99. The van der Waals surface area contributed by atoms with Crippen LogP contribution in [0.3, 0.4) is 0 Å². The van der Waals surface area contributed by atoms with Crippen molar-refractivity contribution in [3.8, 4) is 11.4 Å². The van der Waals surface area contributed by atoms with Crippen molar-refractivity contribution in [2.24, 2.45) is 0 Å². The number of hydrogen-bond donors (Lipinski definition) is 1. The van der Waals surface area contributed by atoms with E-state index in [1.54, 1.807) is 0 Å². The number of fused-ring (bicyclic) bond motifs is 1. The van der Waals surface area contributed by atoms with E-state index in [0.717, 1.165) is 34.9 Å². The summed E-state index contributed by atoms with van der Waals surface area (Å²) in [6.45, 7) is 1.31. The van der Waals surface area contributed by atoms with Crippen molar-refractivity contribution < 1.29 is 9.32 Å². The van der Waals surface area contributed by atoms with Gasteiger partial charge in [0.05, 0.1) is 5.69 Å². The molecule has 3 aromatic carbocycles. The van der Waals surface area contributed by atoms with Crippen LogP contribution < -0.4 is 5.32 Å². The molecule has 5 rings (SSSR count). The Morgan fingerprint density at radius 1 is 0.933 bits per heavy atom. The first-order valence-electron chi connectivity index (χ1n) is 10.2.